The van der Waals surface area contributed by atoms with Gasteiger partial charge in [-0.15, -0.1) is 0 Å². The molecule has 0 bridgehead atoms. The van der Waals surface area contributed by atoms with E-state index in [4.69, 9.17) is 5.11 Å². The molecule has 6 heteroatoms. The average Bonchev–Trinajstić information content (AvgIpc) is 2.05. The molecule has 0 aromatic carbocycles. The first-order valence-corrected chi connectivity index (χ1v) is 4.83. The molecule has 1 rings (SSSR count). The van der Waals surface area contributed by atoms with E-state index in [0.717, 1.165) is 0 Å². The number of hydrogen-bond acceptors (Lipinski definition) is 2. The van der Waals surface area contributed by atoms with Crippen molar-refractivity contribution < 1.29 is 23.1 Å². The minimum Gasteiger partial charge on any atom is -0.481 e. The summed E-state index contributed by atoms with van der Waals surface area (Å²) >= 11 is 0. The summed E-state index contributed by atoms with van der Waals surface area (Å²) in [6.07, 6.45) is -3.61. The van der Waals surface area contributed by atoms with Crippen LogP contribution < -0.4 is 0 Å². The molecule has 0 amide bonds. The van der Waals surface area contributed by atoms with Crippen molar-refractivity contribution in [2.45, 2.75) is 32.0 Å². The molecule has 0 saturated carbocycles. The lowest BCUT2D eigenvalue weighted by atomic mass is 9.92. The second-order valence-corrected chi connectivity index (χ2v) is 3.99. The Morgan fingerprint density at radius 3 is 2.53 bits per heavy atom. The molecule has 2 atom stereocenters. The van der Waals surface area contributed by atoms with Crippen LogP contribution >= 0.6 is 0 Å². The van der Waals surface area contributed by atoms with Gasteiger partial charge >= 0.3 is 12.1 Å². The minimum absolute atomic E-state index is 0.206. The number of likely N-dealkylation sites (tertiary alicyclic amines) is 1. The van der Waals surface area contributed by atoms with Gasteiger partial charge in [0.2, 0.25) is 0 Å². The van der Waals surface area contributed by atoms with E-state index in [0.29, 0.717) is 12.8 Å². The maximum absolute atomic E-state index is 12.1. The molecule has 0 aromatic rings. The molecule has 1 aliphatic heterocycles. The Kier molecular flexibility index (Phi) is 3.59. The number of hydrogen-bond donors (Lipinski definition) is 1. The normalized spacial score (nSPS) is 29.1. The van der Waals surface area contributed by atoms with Crippen LogP contribution in [0.2, 0.25) is 0 Å². The Bertz CT molecular complexity index is 242. The van der Waals surface area contributed by atoms with Crippen LogP contribution in [0.3, 0.4) is 0 Å². The zero-order valence-electron chi connectivity index (χ0n) is 8.42. The summed E-state index contributed by atoms with van der Waals surface area (Å²) in [5.74, 6) is -1.40. The quantitative estimate of drug-likeness (QED) is 0.778. The average molecular weight is 225 g/mol. The number of carbonyl (C=O) groups is 1. The maximum Gasteiger partial charge on any atom is 0.401 e. The lowest BCUT2D eigenvalue weighted by molar-refractivity contribution is -0.158. The third-order valence-corrected chi connectivity index (χ3v) is 2.75. The number of carboxylic acid groups (broad SMARTS) is 1. The number of nitrogens with zero attached hydrogens (tertiary/aromatic N) is 1. The number of piperidine rings is 1. The van der Waals surface area contributed by atoms with Crippen molar-refractivity contribution in [1.82, 2.24) is 4.90 Å². The summed E-state index contributed by atoms with van der Waals surface area (Å²) < 4.78 is 36.3. The van der Waals surface area contributed by atoms with E-state index < -0.39 is 24.6 Å². The van der Waals surface area contributed by atoms with Crippen LogP contribution in [0, 0.1) is 5.92 Å². The first-order chi connectivity index (χ1) is 6.79. The summed E-state index contributed by atoms with van der Waals surface area (Å²) in [6.45, 7) is 0.902. The van der Waals surface area contributed by atoms with E-state index >= 15 is 0 Å². The van der Waals surface area contributed by atoms with E-state index in [1.54, 1.807) is 6.92 Å². The molecular formula is C9H14F3NO2. The van der Waals surface area contributed by atoms with E-state index in [1.807, 2.05) is 0 Å². The lowest BCUT2D eigenvalue weighted by Gasteiger charge is -2.36. The number of halogens is 3. The number of rotatable bonds is 2. The van der Waals surface area contributed by atoms with Crippen LogP contribution in [0.15, 0.2) is 0 Å². The van der Waals surface area contributed by atoms with Crippen molar-refractivity contribution >= 4 is 5.97 Å². The van der Waals surface area contributed by atoms with Gasteiger partial charge < -0.3 is 5.11 Å². The van der Waals surface area contributed by atoms with E-state index in [-0.39, 0.29) is 12.6 Å². The van der Waals surface area contributed by atoms with Gasteiger partial charge in [-0.25, -0.2) is 0 Å². The van der Waals surface area contributed by atoms with Gasteiger partial charge in [0.1, 0.15) is 0 Å². The number of carboxylic acids is 1. The predicted octanol–water partition coefficient (Wildman–Crippen LogP) is 1.73. The largest absolute Gasteiger partial charge is 0.481 e. The summed E-state index contributed by atoms with van der Waals surface area (Å²) in [6, 6.07) is -0.318. The molecule has 0 spiro atoms. The minimum atomic E-state index is -4.20. The van der Waals surface area contributed by atoms with Crippen LogP contribution in [0.4, 0.5) is 13.2 Å². The van der Waals surface area contributed by atoms with Gasteiger partial charge in [0.15, 0.2) is 0 Å². The van der Waals surface area contributed by atoms with Crippen molar-refractivity contribution in [2.75, 3.05) is 13.1 Å². The summed E-state index contributed by atoms with van der Waals surface area (Å²) in [5, 5.41) is 8.73. The molecule has 2 unspecified atom stereocenters. The Morgan fingerprint density at radius 1 is 1.53 bits per heavy atom. The molecule has 15 heavy (non-hydrogen) atoms. The molecule has 88 valence electrons. The molecule has 0 aliphatic carbocycles. The van der Waals surface area contributed by atoms with Crippen molar-refractivity contribution in [3.8, 4) is 0 Å². The molecule has 1 saturated heterocycles. The fraction of sp³-hybridized carbons (Fsp3) is 0.889. The first-order valence-electron chi connectivity index (χ1n) is 4.83. The van der Waals surface area contributed by atoms with Crippen LogP contribution in [0.1, 0.15) is 19.8 Å². The topological polar surface area (TPSA) is 40.5 Å². The van der Waals surface area contributed by atoms with Crippen molar-refractivity contribution in [3.05, 3.63) is 0 Å². The second kappa shape index (κ2) is 4.38. The molecule has 0 aromatic heterocycles. The highest BCUT2D eigenvalue weighted by atomic mass is 19.4. The van der Waals surface area contributed by atoms with E-state index in [1.165, 1.54) is 4.90 Å². The second-order valence-electron chi connectivity index (χ2n) is 3.99. The van der Waals surface area contributed by atoms with Gasteiger partial charge in [-0.3, -0.25) is 9.69 Å². The SMILES string of the molecule is CC1CC(C(=O)O)CCN1CC(F)(F)F. The maximum atomic E-state index is 12.1. The van der Waals surface area contributed by atoms with Crippen molar-refractivity contribution in [3.63, 3.8) is 0 Å². The van der Waals surface area contributed by atoms with Gasteiger partial charge in [0, 0.05) is 6.04 Å². The van der Waals surface area contributed by atoms with Crippen LogP contribution in [0.25, 0.3) is 0 Å². The third-order valence-electron chi connectivity index (χ3n) is 2.75. The number of aliphatic carboxylic acids is 1. The lowest BCUT2D eigenvalue weighted by Crippen LogP contribution is -2.46. The van der Waals surface area contributed by atoms with Crippen LogP contribution in [0.5, 0.6) is 0 Å². The van der Waals surface area contributed by atoms with Crippen LogP contribution in [-0.4, -0.2) is 41.3 Å². The monoisotopic (exact) mass is 225 g/mol. The van der Waals surface area contributed by atoms with Gasteiger partial charge in [-0.05, 0) is 26.3 Å². The van der Waals surface area contributed by atoms with Gasteiger partial charge in [0.05, 0.1) is 12.5 Å². The Labute approximate surface area is 85.9 Å². The Balaban J connectivity index is 2.49. The first kappa shape index (κ1) is 12.3. The zero-order chi connectivity index (χ0) is 11.6. The molecular weight excluding hydrogens is 211 g/mol. The standard InChI is InChI=1S/C9H14F3NO2/c1-6-4-7(8(14)15)2-3-13(6)5-9(10,11)12/h6-7H,2-5H2,1H3,(H,14,15). The van der Waals surface area contributed by atoms with Crippen molar-refractivity contribution in [2.24, 2.45) is 5.92 Å². The molecule has 1 N–H and O–H groups in total. The van der Waals surface area contributed by atoms with Crippen molar-refractivity contribution in [1.29, 1.82) is 0 Å². The molecule has 1 heterocycles. The molecule has 1 aliphatic rings. The Morgan fingerprint density at radius 2 is 2.13 bits per heavy atom. The Hall–Kier alpha value is -0.780. The molecule has 0 radical (unpaired) electrons. The van der Waals surface area contributed by atoms with Gasteiger partial charge in [-0.1, -0.05) is 0 Å². The highest BCUT2D eigenvalue weighted by Crippen LogP contribution is 2.26. The summed E-state index contributed by atoms with van der Waals surface area (Å²) in [7, 11) is 0. The summed E-state index contributed by atoms with van der Waals surface area (Å²) in [5.41, 5.74) is 0. The highest BCUT2D eigenvalue weighted by Gasteiger charge is 2.36. The molecule has 3 nitrogen and oxygen atoms in total. The zero-order valence-corrected chi connectivity index (χ0v) is 8.42. The fourth-order valence-corrected chi connectivity index (χ4v) is 1.91. The third kappa shape index (κ3) is 3.70. The van der Waals surface area contributed by atoms with Crippen LogP contribution in [-0.2, 0) is 4.79 Å². The highest BCUT2D eigenvalue weighted by molar-refractivity contribution is 5.70. The smallest absolute Gasteiger partial charge is 0.401 e. The number of alkyl halides is 3. The van der Waals surface area contributed by atoms with Gasteiger partial charge in [-0.2, -0.15) is 13.2 Å². The van der Waals surface area contributed by atoms with Gasteiger partial charge in [0.25, 0.3) is 0 Å². The summed E-state index contributed by atoms with van der Waals surface area (Å²) in [4.78, 5) is 11.9. The molecule has 1 fully saturated rings. The van der Waals surface area contributed by atoms with E-state index in [9.17, 15) is 18.0 Å². The van der Waals surface area contributed by atoms with E-state index in [2.05, 4.69) is 0 Å². The fourth-order valence-electron chi connectivity index (χ4n) is 1.91. The predicted molar refractivity (Wildman–Crippen MR) is 47.4 cm³/mol.